The minimum Gasteiger partial charge on any atom is -0.479 e. The molecule has 0 aromatic heterocycles. The molecule has 146 valence electrons. The number of primary amides is 1. The predicted octanol–water partition coefficient (Wildman–Crippen LogP) is -0.844. The Morgan fingerprint density at radius 1 is 1.54 bits per heavy atom. The van der Waals surface area contributed by atoms with Gasteiger partial charge in [-0.05, 0) is 38.0 Å². The van der Waals surface area contributed by atoms with Crippen molar-refractivity contribution in [1.29, 1.82) is 5.41 Å². The van der Waals surface area contributed by atoms with E-state index >= 15 is 0 Å². The van der Waals surface area contributed by atoms with Gasteiger partial charge in [0, 0.05) is 6.54 Å². The first-order chi connectivity index (χ1) is 12.1. The number of aliphatic carboxylic acids is 1. The lowest BCUT2D eigenvalue weighted by Gasteiger charge is -2.48. The number of nitrogens with zero attached hydrogens (tertiary/aromatic N) is 2. The van der Waals surface area contributed by atoms with Crippen LogP contribution in [0.2, 0.25) is 0 Å². The molecule has 2 aliphatic rings. The summed E-state index contributed by atoms with van der Waals surface area (Å²) in [5.41, 5.74) is 14.7. The van der Waals surface area contributed by atoms with E-state index in [-0.39, 0.29) is 12.0 Å². The molecule has 2 rings (SSSR count). The molecule has 0 aromatic carbocycles. The van der Waals surface area contributed by atoms with Crippen molar-refractivity contribution in [3.63, 3.8) is 0 Å². The molecule has 0 spiro atoms. The molecular weight excluding hydrogens is 342 g/mol. The van der Waals surface area contributed by atoms with Crippen molar-refractivity contribution in [1.82, 2.24) is 10.3 Å². The Kier molecular flexibility index (Phi) is 7.50. The van der Waals surface area contributed by atoms with Gasteiger partial charge in [-0.3, -0.25) is 5.41 Å². The number of carbonyl (C=O) groups is 3. The predicted molar refractivity (Wildman–Crippen MR) is 95.4 cm³/mol. The zero-order chi connectivity index (χ0) is 19.9. The van der Waals surface area contributed by atoms with E-state index in [9.17, 15) is 19.5 Å². The lowest BCUT2D eigenvalue weighted by Crippen LogP contribution is -2.69. The number of carboxylic acids is 1. The van der Waals surface area contributed by atoms with E-state index in [1.54, 1.807) is 0 Å². The minimum absolute atomic E-state index is 0.0512. The number of hydrogen-bond donors (Lipinski definition) is 6. The molecule has 0 bridgehead atoms. The van der Waals surface area contributed by atoms with Gasteiger partial charge < -0.3 is 32.4 Å². The number of nitrogens with two attached hydrogens (primary N) is 3. The number of carbonyl (C=O) groups excluding carboxylic acids is 2. The average Bonchev–Trinajstić information content (AvgIpc) is 2.54. The smallest absolute Gasteiger partial charge is 0.337 e. The number of carboxylic acid groups (broad SMARTS) is 1. The number of guanidine groups is 1. The van der Waals surface area contributed by atoms with E-state index in [4.69, 9.17) is 22.6 Å². The fraction of sp³-hybridized carbons (Fsp3) is 0.667. The van der Waals surface area contributed by atoms with Crippen LogP contribution in [-0.4, -0.2) is 58.2 Å². The molecule has 1 fully saturated rings. The van der Waals surface area contributed by atoms with E-state index in [1.165, 1.54) is 0 Å². The summed E-state index contributed by atoms with van der Waals surface area (Å²) < 4.78 is 0. The van der Waals surface area contributed by atoms with Crippen LogP contribution in [0.3, 0.4) is 0 Å². The number of hydrogen-bond acceptors (Lipinski definition) is 6. The summed E-state index contributed by atoms with van der Waals surface area (Å²) >= 11 is 0. The first-order valence-corrected chi connectivity index (χ1v) is 8.35. The normalized spacial score (nSPS) is 24.6. The van der Waals surface area contributed by atoms with E-state index < -0.39 is 17.5 Å². The molecule has 26 heavy (non-hydrogen) atoms. The third kappa shape index (κ3) is 4.91. The van der Waals surface area contributed by atoms with Crippen LogP contribution in [0.4, 0.5) is 4.79 Å². The Balaban J connectivity index is 0.000000276. The topological polar surface area (TPSA) is 201 Å². The van der Waals surface area contributed by atoms with Gasteiger partial charge in [-0.25, -0.2) is 9.59 Å². The van der Waals surface area contributed by atoms with Crippen LogP contribution in [0.25, 0.3) is 0 Å². The van der Waals surface area contributed by atoms with Crippen LogP contribution < -0.4 is 22.5 Å². The minimum atomic E-state index is -1.24. The average molecular weight is 369 g/mol. The summed E-state index contributed by atoms with van der Waals surface area (Å²) in [5.74, 6) is -0.658. The third-order valence-electron chi connectivity index (χ3n) is 4.37. The van der Waals surface area contributed by atoms with E-state index in [0.29, 0.717) is 43.7 Å². The van der Waals surface area contributed by atoms with Crippen molar-refractivity contribution >= 4 is 30.0 Å². The Morgan fingerprint density at radius 2 is 2.19 bits per heavy atom. The van der Waals surface area contributed by atoms with Gasteiger partial charge in [0.15, 0.2) is 5.96 Å². The summed E-state index contributed by atoms with van der Waals surface area (Å²) in [5, 5.41) is 23.4. The number of hydrazone groups is 1. The maximum Gasteiger partial charge on any atom is 0.337 e. The fourth-order valence-corrected chi connectivity index (χ4v) is 2.90. The molecule has 3 atom stereocenters. The van der Waals surface area contributed by atoms with Gasteiger partial charge in [0.05, 0.1) is 11.8 Å². The molecule has 9 N–H and O–H groups in total. The Bertz CT molecular complexity index is 595. The van der Waals surface area contributed by atoms with Gasteiger partial charge in [0.2, 0.25) is 5.54 Å². The molecule has 0 saturated heterocycles. The summed E-state index contributed by atoms with van der Waals surface area (Å²) in [6.45, 7) is 2.64. The van der Waals surface area contributed by atoms with Gasteiger partial charge in [0.1, 0.15) is 6.29 Å². The lowest BCUT2D eigenvalue weighted by molar-refractivity contribution is -0.148. The second kappa shape index (κ2) is 9.13. The number of urea groups is 1. The van der Waals surface area contributed by atoms with Crippen molar-refractivity contribution in [2.24, 2.45) is 28.2 Å². The van der Waals surface area contributed by atoms with Crippen molar-refractivity contribution in [3.05, 3.63) is 0 Å². The summed E-state index contributed by atoms with van der Waals surface area (Å²) in [6.07, 6.45) is 3.91. The Hall–Kier alpha value is -2.69. The number of rotatable bonds is 6. The molecule has 1 heterocycles. The Labute approximate surface area is 151 Å². The molecule has 1 aliphatic heterocycles. The lowest BCUT2D eigenvalue weighted by atomic mass is 9.73. The van der Waals surface area contributed by atoms with Gasteiger partial charge in [-0.1, -0.05) is 6.92 Å². The maximum atomic E-state index is 11.2. The van der Waals surface area contributed by atoms with Crippen LogP contribution in [0, 0.1) is 11.3 Å². The molecule has 11 nitrogen and oxygen atoms in total. The molecule has 11 heteroatoms. The highest BCUT2D eigenvalue weighted by molar-refractivity contribution is 6.16. The second-order valence-corrected chi connectivity index (χ2v) is 6.49. The van der Waals surface area contributed by atoms with Gasteiger partial charge in [0.25, 0.3) is 0 Å². The van der Waals surface area contributed by atoms with E-state index in [2.05, 4.69) is 10.4 Å². The van der Waals surface area contributed by atoms with Crippen LogP contribution >= 0.6 is 0 Å². The zero-order valence-corrected chi connectivity index (χ0v) is 14.8. The zero-order valence-electron chi connectivity index (χ0n) is 14.8. The number of aldehydes is 1. The summed E-state index contributed by atoms with van der Waals surface area (Å²) in [6, 6.07) is -1.18. The molecular formula is C15H27N7O4. The maximum absolute atomic E-state index is 11.2. The monoisotopic (exact) mass is 369 g/mol. The van der Waals surface area contributed by atoms with E-state index in [0.717, 1.165) is 17.9 Å². The number of amides is 2. The highest BCUT2D eigenvalue weighted by Crippen LogP contribution is 2.41. The van der Waals surface area contributed by atoms with Crippen LogP contribution in [0.15, 0.2) is 5.10 Å². The fourth-order valence-electron chi connectivity index (χ4n) is 2.90. The van der Waals surface area contributed by atoms with Gasteiger partial charge in [-0.2, -0.15) is 10.1 Å². The first-order valence-electron chi connectivity index (χ1n) is 8.35. The van der Waals surface area contributed by atoms with Crippen molar-refractivity contribution < 1.29 is 19.5 Å². The van der Waals surface area contributed by atoms with E-state index in [1.807, 2.05) is 6.92 Å². The highest BCUT2D eigenvalue weighted by Gasteiger charge is 2.59. The summed E-state index contributed by atoms with van der Waals surface area (Å²) in [7, 11) is 0. The molecule has 1 aliphatic carbocycles. The standard InChI is InChI=1S/C9H13N3O3.C6H14N4O/c1-5-2-3-9(7(13)14)6(4-5)11-12(9)8(10)15;7-5(4-11)2-1-3-10-6(8)9/h5H,2-4H2,1H3,(H2,10,15)(H,13,14);4-5H,1-3,7H2,(H4,8,9,10)/t5-,9+;5-/m10/s1. The second-order valence-electron chi connectivity index (χ2n) is 6.49. The van der Waals surface area contributed by atoms with Gasteiger partial charge >= 0.3 is 12.0 Å². The number of nitrogens with one attached hydrogen (secondary N) is 2. The first kappa shape index (κ1) is 21.4. The van der Waals surface area contributed by atoms with Crippen molar-refractivity contribution in [2.75, 3.05) is 6.54 Å². The van der Waals surface area contributed by atoms with Gasteiger partial charge in [-0.15, -0.1) is 0 Å². The summed E-state index contributed by atoms with van der Waals surface area (Å²) in [4.78, 5) is 32.3. The molecule has 2 amide bonds. The van der Waals surface area contributed by atoms with Crippen LogP contribution in [-0.2, 0) is 9.59 Å². The van der Waals surface area contributed by atoms with Crippen molar-refractivity contribution in [2.45, 2.75) is 50.6 Å². The highest BCUT2D eigenvalue weighted by atomic mass is 16.4. The third-order valence-corrected chi connectivity index (χ3v) is 4.37. The largest absolute Gasteiger partial charge is 0.479 e. The molecule has 0 radical (unpaired) electrons. The molecule has 1 saturated carbocycles. The molecule has 0 unspecified atom stereocenters. The SMILES string of the molecule is C[C@@H]1CC[C@@]2(C(=O)O)C(=NN2C(N)=O)C1.N=C(N)NCCC[C@H](N)C=O. The quantitative estimate of drug-likeness (QED) is 0.151. The number of fused-ring (bicyclic) bond motifs is 1. The van der Waals surface area contributed by atoms with Crippen molar-refractivity contribution in [3.8, 4) is 0 Å². The Morgan fingerprint density at radius 3 is 2.65 bits per heavy atom. The van der Waals surface area contributed by atoms with Crippen LogP contribution in [0.1, 0.15) is 39.0 Å². The molecule has 0 aromatic rings. The van der Waals surface area contributed by atoms with Crippen LogP contribution in [0.5, 0.6) is 0 Å².